The molecule has 3 heterocycles. The molecular weight excluding hydrogens is 222 g/mol. The van der Waals surface area contributed by atoms with Gasteiger partial charge in [0, 0.05) is 6.20 Å². The highest BCUT2D eigenvalue weighted by Crippen LogP contribution is 2.25. The van der Waals surface area contributed by atoms with Crippen LogP contribution in [0.1, 0.15) is 12.6 Å². The standard InChI is InChI=1S/C10H9N5S/c1-2-6-8(16-15-14-6)10-12-7-4-3-5-11-9(7)13-10/h3-5H,2H2,1H3,(H,11,12,13). The minimum absolute atomic E-state index is 0.730. The fraction of sp³-hybridized carbons (Fsp3) is 0.200. The zero-order chi connectivity index (χ0) is 11.0. The third-order valence-electron chi connectivity index (χ3n) is 2.36. The highest BCUT2D eigenvalue weighted by atomic mass is 32.1. The number of rotatable bonds is 2. The van der Waals surface area contributed by atoms with E-state index in [0.717, 1.165) is 34.0 Å². The minimum atomic E-state index is 0.730. The third-order valence-corrected chi connectivity index (χ3v) is 3.14. The van der Waals surface area contributed by atoms with Crippen LogP contribution < -0.4 is 0 Å². The topological polar surface area (TPSA) is 67.3 Å². The molecule has 1 N–H and O–H groups in total. The second-order valence-corrected chi connectivity index (χ2v) is 4.12. The van der Waals surface area contributed by atoms with E-state index < -0.39 is 0 Å². The maximum absolute atomic E-state index is 4.43. The number of pyridine rings is 1. The Hall–Kier alpha value is -1.82. The molecule has 3 aromatic heterocycles. The van der Waals surface area contributed by atoms with Crippen molar-refractivity contribution in [1.29, 1.82) is 0 Å². The Morgan fingerprint density at radius 1 is 1.44 bits per heavy atom. The Morgan fingerprint density at radius 3 is 3.19 bits per heavy atom. The van der Waals surface area contributed by atoms with Gasteiger partial charge in [-0.1, -0.05) is 11.4 Å². The molecule has 0 radical (unpaired) electrons. The zero-order valence-corrected chi connectivity index (χ0v) is 9.45. The number of hydrogen-bond acceptors (Lipinski definition) is 5. The smallest absolute Gasteiger partial charge is 0.178 e. The van der Waals surface area contributed by atoms with Crippen molar-refractivity contribution < 1.29 is 0 Å². The van der Waals surface area contributed by atoms with Crippen LogP contribution in [0, 0.1) is 0 Å². The number of aromatic nitrogens is 5. The predicted molar refractivity (Wildman–Crippen MR) is 62.2 cm³/mol. The Balaban J connectivity index is 2.19. The van der Waals surface area contributed by atoms with Crippen molar-refractivity contribution >= 4 is 22.7 Å². The molecule has 0 bridgehead atoms. The maximum Gasteiger partial charge on any atom is 0.178 e. The highest BCUT2D eigenvalue weighted by Gasteiger charge is 2.12. The SMILES string of the molecule is CCc1nnsc1-c1nc2ncccc2[nH]1. The number of nitrogens with one attached hydrogen (secondary N) is 1. The summed E-state index contributed by atoms with van der Waals surface area (Å²) in [6.45, 7) is 2.06. The Bertz CT molecular complexity index is 594. The van der Waals surface area contributed by atoms with Crippen LogP contribution in [0.15, 0.2) is 18.3 Å². The number of H-pyrrole nitrogens is 1. The third kappa shape index (κ3) is 1.38. The van der Waals surface area contributed by atoms with Gasteiger partial charge in [-0.05, 0) is 30.1 Å². The van der Waals surface area contributed by atoms with Gasteiger partial charge >= 0.3 is 0 Å². The van der Waals surface area contributed by atoms with Gasteiger partial charge in [-0.2, -0.15) is 0 Å². The number of imidazole rings is 1. The van der Waals surface area contributed by atoms with E-state index in [1.807, 2.05) is 12.1 Å². The predicted octanol–water partition coefficient (Wildman–Crippen LogP) is 2.04. The van der Waals surface area contributed by atoms with Gasteiger partial charge in [-0.3, -0.25) is 0 Å². The van der Waals surface area contributed by atoms with Gasteiger partial charge < -0.3 is 4.98 Å². The lowest BCUT2D eigenvalue weighted by atomic mass is 10.3. The van der Waals surface area contributed by atoms with Crippen molar-refractivity contribution in [3.8, 4) is 10.7 Å². The second kappa shape index (κ2) is 3.64. The van der Waals surface area contributed by atoms with Gasteiger partial charge in [0.05, 0.1) is 11.2 Å². The average Bonchev–Trinajstić information content (AvgIpc) is 2.94. The van der Waals surface area contributed by atoms with Crippen LogP contribution in [0.25, 0.3) is 21.9 Å². The van der Waals surface area contributed by atoms with Crippen LogP contribution >= 0.6 is 11.5 Å². The molecular formula is C10H9N5S. The van der Waals surface area contributed by atoms with Crippen molar-refractivity contribution in [3.63, 3.8) is 0 Å². The zero-order valence-electron chi connectivity index (χ0n) is 8.64. The molecule has 3 aromatic rings. The molecule has 16 heavy (non-hydrogen) atoms. The van der Waals surface area contributed by atoms with Crippen molar-refractivity contribution in [2.75, 3.05) is 0 Å². The van der Waals surface area contributed by atoms with E-state index in [9.17, 15) is 0 Å². The van der Waals surface area contributed by atoms with Crippen LogP contribution in [0.4, 0.5) is 0 Å². The first-order valence-corrected chi connectivity index (χ1v) is 5.78. The van der Waals surface area contributed by atoms with E-state index in [2.05, 4.69) is 31.5 Å². The van der Waals surface area contributed by atoms with E-state index in [1.165, 1.54) is 11.5 Å². The van der Waals surface area contributed by atoms with Crippen LogP contribution in [0.2, 0.25) is 0 Å². The van der Waals surface area contributed by atoms with Gasteiger partial charge in [0.2, 0.25) is 0 Å². The molecule has 5 nitrogen and oxygen atoms in total. The molecule has 80 valence electrons. The summed E-state index contributed by atoms with van der Waals surface area (Å²) in [4.78, 5) is 12.8. The number of fused-ring (bicyclic) bond motifs is 1. The highest BCUT2D eigenvalue weighted by molar-refractivity contribution is 7.09. The largest absolute Gasteiger partial charge is 0.336 e. The van der Waals surface area contributed by atoms with Crippen LogP contribution in [-0.2, 0) is 6.42 Å². The summed E-state index contributed by atoms with van der Waals surface area (Å²) in [6, 6.07) is 3.84. The van der Waals surface area contributed by atoms with Crippen molar-refractivity contribution in [1.82, 2.24) is 24.5 Å². The summed E-state index contributed by atoms with van der Waals surface area (Å²) in [5.74, 6) is 0.806. The quantitative estimate of drug-likeness (QED) is 0.732. The van der Waals surface area contributed by atoms with Gasteiger partial charge in [0.15, 0.2) is 11.5 Å². The fourth-order valence-electron chi connectivity index (χ4n) is 1.57. The van der Waals surface area contributed by atoms with Crippen molar-refractivity contribution in [2.24, 2.45) is 0 Å². The second-order valence-electron chi connectivity index (χ2n) is 3.36. The molecule has 3 rings (SSSR count). The summed E-state index contributed by atoms with van der Waals surface area (Å²) in [6.07, 6.45) is 2.59. The monoisotopic (exact) mass is 231 g/mol. The number of nitrogens with zero attached hydrogens (tertiary/aromatic N) is 4. The lowest BCUT2D eigenvalue weighted by Gasteiger charge is -1.91. The van der Waals surface area contributed by atoms with E-state index in [-0.39, 0.29) is 0 Å². The number of aromatic amines is 1. The molecule has 0 amide bonds. The molecule has 0 aliphatic carbocycles. The van der Waals surface area contributed by atoms with Gasteiger partial charge in [-0.15, -0.1) is 5.10 Å². The molecule has 0 saturated carbocycles. The molecule has 0 aliphatic rings. The number of aryl methyl sites for hydroxylation is 1. The Morgan fingerprint density at radius 2 is 2.38 bits per heavy atom. The van der Waals surface area contributed by atoms with Crippen LogP contribution in [0.5, 0.6) is 0 Å². The Kier molecular flexibility index (Phi) is 2.14. The Labute approximate surface area is 95.7 Å². The van der Waals surface area contributed by atoms with Crippen LogP contribution in [-0.4, -0.2) is 24.5 Å². The summed E-state index contributed by atoms with van der Waals surface area (Å²) in [5, 5.41) is 4.07. The molecule has 0 saturated heterocycles. The lowest BCUT2D eigenvalue weighted by molar-refractivity contribution is 0.990. The molecule has 6 heteroatoms. The fourth-order valence-corrected chi connectivity index (χ4v) is 2.27. The normalized spacial score (nSPS) is 11.1. The molecule has 0 unspecified atom stereocenters. The summed E-state index contributed by atoms with van der Waals surface area (Å²) < 4.78 is 3.95. The molecule has 0 spiro atoms. The van der Waals surface area contributed by atoms with Gasteiger partial charge in [-0.25, -0.2) is 9.97 Å². The van der Waals surface area contributed by atoms with E-state index in [0.29, 0.717) is 0 Å². The summed E-state index contributed by atoms with van der Waals surface area (Å²) in [5.41, 5.74) is 2.64. The van der Waals surface area contributed by atoms with E-state index in [1.54, 1.807) is 6.20 Å². The first-order chi connectivity index (χ1) is 7.88. The minimum Gasteiger partial charge on any atom is -0.336 e. The van der Waals surface area contributed by atoms with Crippen LogP contribution in [0.3, 0.4) is 0 Å². The molecule has 0 aliphatic heterocycles. The molecule has 0 atom stereocenters. The van der Waals surface area contributed by atoms with Crippen molar-refractivity contribution in [2.45, 2.75) is 13.3 Å². The van der Waals surface area contributed by atoms with Gasteiger partial charge in [0.25, 0.3) is 0 Å². The first kappa shape index (κ1) is 9.41. The molecule has 0 fully saturated rings. The van der Waals surface area contributed by atoms with Crippen molar-refractivity contribution in [3.05, 3.63) is 24.0 Å². The van der Waals surface area contributed by atoms with Gasteiger partial charge in [0.1, 0.15) is 4.88 Å². The number of hydrogen-bond donors (Lipinski definition) is 1. The molecule has 0 aromatic carbocycles. The summed E-state index contributed by atoms with van der Waals surface area (Å²) >= 11 is 1.36. The van der Waals surface area contributed by atoms with E-state index in [4.69, 9.17) is 0 Å². The first-order valence-electron chi connectivity index (χ1n) is 5.01. The lowest BCUT2D eigenvalue weighted by Crippen LogP contribution is -1.85. The average molecular weight is 231 g/mol. The van der Waals surface area contributed by atoms with E-state index >= 15 is 0 Å². The maximum atomic E-state index is 4.43. The summed E-state index contributed by atoms with van der Waals surface area (Å²) in [7, 11) is 0.